The van der Waals surface area contributed by atoms with Gasteiger partial charge in [-0.2, -0.15) is 0 Å². The van der Waals surface area contributed by atoms with Crippen molar-refractivity contribution in [1.82, 2.24) is 0 Å². The largest absolute Gasteiger partial charge is 0.143 e. The van der Waals surface area contributed by atoms with Gasteiger partial charge in [-0.15, -0.1) is 12.6 Å². The normalized spacial score (nSPS) is 9.40. The van der Waals surface area contributed by atoms with Crippen LogP contribution in [0.4, 0.5) is 0 Å². The van der Waals surface area contributed by atoms with E-state index in [4.69, 9.17) is 23.8 Å². The lowest BCUT2D eigenvalue weighted by Gasteiger charge is -1.94. The van der Waals surface area contributed by atoms with Gasteiger partial charge in [0.25, 0.3) is 0 Å². The molecule has 0 heterocycles. The molecule has 1 aromatic rings. The second kappa shape index (κ2) is 3.37. The first-order valence-electron chi connectivity index (χ1n) is 2.69. The summed E-state index contributed by atoms with van der Waals surface area (Å²) in [5.41, 5.74) is 0.870. The Labute approximate surface area is 75.6 Å². The van der Waals surface area contributed by atoms with Gasteiger partial charge in [0, 0.05) is 10.5 Å². The SMILES string of the molecule is S=C(Cl)c1ccc(S)cc1. The van der Waals surface area contributed by atoms with Gasteiger partial charge >= 0.3 is 0 Å². The van der Waals surface area contributed by atoms with Crippen LogP contribution in [0.1, 0.15) is 5.56 Å². The Morgan fingerprint density at radius 3 is 2.20 bits per heavy atom. The molecule has 1 rings (SSSR count). The first kappa shape index (κ1) is 8.05. The highest BCUT2D eigenvalue weighted by atomic mass is 35.5. The van der Waals surface area contributed by atoms with E-state index in [2.05, 4.69) is 12.6 Å². The van der Waals surface area contributed by atoms with Gasteiger partial charge in [-0.1, -0.05) is 36.0 Å². The third-order valence-electron chi connectivity index (χ3n) is 1.09. The Morgan fingerprint density at radius 2 is 1.80 bits per heavy atom. The van der Waals surface area contributed by atoms with E-state index in [9.17, 15) is 0 Å². The first-order valence-corrected chi connectivity index (χ1v) is 3.92. The average Bonchev–Trinajstić information content (AvgIpc) is 1.88. The Balaban J connectivity index is 3.00. The zero-order valence-corrected chi connectivity index (χ0v) is 7.51. The number of hydrogen-bond donors (Lipinski definition) is 1. The zero-order valence-electron chi connectivity index (χ0n) is 5.04. The summed E-state index contributed by atoms with van der Waals surface area (Å²) in [4.78, 5) is 0.914. The molecule has 0 aliphatic heterocycles. The second-order valence-corrected chi connectivity index (χ2v) is 3.35. The minimum atomic E-state index is 0.397. The van der Waals surface area contributed by atoms with Gasteiger partial charge in [-0.25, -0.2) is 0 Å². The van der Waals surface area contributed by atoms with Crippen molar-refractivity contribution >= 4 is 40.8 Å². The first-order chi connectivity index (χ1) is 4.70. The quantitative estimate of drug-likeness (QED) is 0.402. The number of benzene rings is 1. The number of rotatable bonds is 1. The summed E-state index contributed by atoms with van der Waals surface area (Å²) in [6.45, 7) is 0. The molecule has 0 nitrogen and oxygen atoms in total. The lowest BCUT2D eigenvalue weighted by atomic mass is 10.2. The maximum absolute atomic E-state index is 5.56. The van der Waals surface area contributed by atoms with E-state index in [1.54, 1.807) is 0 Å². The molecule has 0 fully saturated rings. The van der Waals surface area contributed by atoms with Crippen LogP contribution in [0.3, 0.4) is 0 Å². The van der Waals surface area contributed by atoms with Crippen molar-refractivity contribution in [3.8, 4) is 0 Å². The predicted octanol–water partition coefficient (Wildman–Crippen LogP) is 2.89. The van der Waals surface area contributed by atoms with Crippen LogP contribution in [-0.4, -0.2) is 4.32 Å². The Hall–Kier alpha value is -0.0500. The van der Waals surface area contributed by atoms with Crippen molar-refractivity contribution in [3.63, 3.8) is 0 Å². The maximum Gasteiger partial charge on any atom is 0.111 e. The molecular weight excluding hydrogens is 184 g/mol. The van der Waals surface area contributed by atoms with Crippen LogP contribution >= 0.6 is 36.4 Å². The van der Waals surface area contributed by atoms with Crippen molar-refractivity contribution < 1.29 is 0 Å². The van der Waals surface area contributed by atoms with Crippen molar-refractivity contribution in [2.75, 3.05) is 0 Å². The van der Waals surface area contributed by atoms with E-state index in [1.807, 2.05) is 24.3 Å². The summed E-state index contributed by atoms with van der Waals surface area (Å²) in [6, 6.07) is 7.40. The highest BCUT2D eigenvalue weighted by molar-refractivity contribution is 7.83. The fraction of sp³-hybridized carbons (Fsp3) is 0. The molecule has 0 aliphatic rings. The van der Waals surface area contributed by atoms with Crippen molar-refractivity contribution in [2.24, 2.45) is 0 Å². The van der Waals surface area contributed by atoms with Crippen LogP contribution in [-0.2, 0) is 0 Å². The molecule has 0 atom stereocenters. The maximum atomic E-state index is 5.56. The molecule has 10 heavy (non-hydrogen) atoms. The molecule has 3 heteroatoms. The van der Waals surface area contributed by atoms with Crippen LogP contribution in [0.2, 0.25) is 0 Å². The number of thiocarbonyl (C=S) groups is 1. The molecule has 0 spiro atoms. The second-order valence-electron chi connectivity index (χ2n) is 1.82. The van der Waals surface area contributed by atoms with Crippen molar-refractivity contribution in [2.45, 2.75) is 4.90 Å². The molecule has 1 aromatic carbocycles. The van der Waals surface area contributed by atoms with Crippen LogP contribution in [0, 0.1) is 0 Å². The van der Waals surface area contributed by atoms with Gasteiger partial charge in [0.2, 0.25) is 0 Å². The third-order valence-corrected chi connectivity index (χ3v) is 1.85. The minimum absolute atomic E-state index is 0.397. The molecule has 0 aliphatic carbocycles. The summed E-state index contributed by atoms with van der Waals surface area (Å²) in [6.07, 6.45) is 0. The third kappa shape index (κ3) is 1.97. The topological polar surface area (TPSA) is 0 Å². The molecular formula is C7H5ClS2. The van der Waals surface area contributed by atoms with Gasteiger partial charge in [-0.05, 0) is 12.1 Å². The van der Waals surface area contributed by atoms with E-state index < -0.39 is 0 Å². The van der Waals surface area contributed by atoms with Gasteiger partial charge in [0.15, 0.2) is 0 Å². The predicted molar refractivity (Wildman–Crippen MR) is 51.2 cm³/mol. The van der Waals surface area contributed by atoms with Crippen molar-refractivity contribution in [3.05, 3.63) is 29.8 Å². The average molecular weight is 189 g/mol. The number of hydrogen-bond acceptors (Lipinski definition) is 2. The molecule has 0 aromatic heterocycles. The molecule has 0 radical (unpaired) electrons. The van der Waals surface area contributed by atoms with E-state index in [0.717, 1.165) is 10.5 Å². The minimum Gasteiger partial charge on any atom is -0.143 e. The standard InChI is InChI=1S/C7H5ClS2/c8-7(10)5-1-3-6(9)4-2-5/h1-4,9H. The number of halogens is 1. The molecule has 0 unspecified atom stereocenters. The monoisotopic (exact) mass is 188 g/mol. The fourth-order valence-electron chi connectivity index (χ4n) is 0.592. The lowest BCUT2D eigenvalue weighted by Crippen LogP contribution is -1.84. The van der Waals surface area contributed by atoms with Gasteiger partial charge in [0.1, 0.15) is 4.32 Å². The summed E-state index contributed by atoms with van der Waals surface area (Å²) in [7, 11) is 0. The molecule has 0 N–H and O–H groups in total. The lowest BCUT2D eigenvalue weighted by molar-refractivity contribution is 1.47. The van der Waals surface area contributed by atoms with E-state index in [1.165, 1.54) is 0 Å². The van der Waals surface area contributed by atoms with Crippen LogP contribution in [0.25, 0.3) is 0 Å². The van der Waals surface area contributed by atoms with Gasteiger partial charge < -0.3 is 0 Å². The van der Waals surface area contributed by atoms with Gasteiger partial charge in [0.05, 0.1) is 0 Å². The molecule has 0 saturated heterocycles. The Bertz CT molecular complexity index is 240. The van der Waals surface area contributed by atoms with Crippen molar-refractivity contribution in [1.29, 1.82) is 0 Å². The Kier molecular flexibility index (Phi) is 2.72. The van der Waals surface area contributed by atoms with E-state index in [0.29, 0.717) is 4.32 Å². The Morgan fingerprint density at radius 1 is 1.30 bits per heavy atom. The zero-order chi connectivity index (χ0) is 7.56. The summed E-state index contributed by atoms with van der Waals surface area (Å²) in [5.74, 6) is 0. The highest BCUT2D eigenvalue weighted by Gasteiger charge is 1.93. The summed E-state index contributed by atoms with van der Waals surface area (Å²) < 4.78 is 0.397. The van der Waals surface area contributed by atoms with Crippen LogP contribution < -0.4 is 0 Å². The van der Waals surface area contributed by atoms with E-state index in [-0.39, 0.29) is 0 Å². The fourth-order valence-corrected chi connectivity index (χ4v) is 1.00. The van der Waals surface area contributed by atoms with E-state index >= 15 is 0 Å². The van der Waals surface area contributed by atoms with Gasteiger partial charge in [-0.3, -0.25) is 0 Å². The molecule has 0 bridgehead atoms. The number of thiol groups is 1. The molecule has 0 saturated carbocycles. The highest BCUT2D eigenvalue weighted by Crippen LogP contribution is 2.10. The molecule has 52 valence electrons. The summed E-state index contributed by atoms with van der Waals surface area (Å²) in [5, 5.41) is 0. The van der Waals surface area contributed by atoms with Crippen LogP contribution in [0.15, 0.2) is 29.2 Å². The summed E-state index contributed by atoms with van der Waals surface area (Å²) >= 11 is 14.4. The smallest absolute Gasteiger partial charge is 0.111 e. The molecule has 0 amide bonds. The van der Waals surface area contributed by atoms with Crippen LogP contribution in [0.5, 0.6) is 0 Å².